The van der Waals surface area contributed by atoms with E-state index in [1.165, 1.54) is 19.3 Å². The lowest BCUT2D eigenvalue weighted by Crippen LogP contribution is -2.27. The van der Waals surface area contributed by atoms with Crippen LogP contribution in [0.1, 0.15) is 37.7 Å². The molecule has 0 spiro atoms. The number of aromatic nitrogens is 2. The predicted molar refractivity (Wildman–Crippen MR) is 100.0 cm³/mol. The smallest absolute Gasteiger partial charge is 0.269 e. The molecule has 0 unspecified atom stereocenters. The molecule has 6 heteroatoms. The van der Waals surface area contributed by atoms with Gasteiger partial charge in [-0.05, 0) is 25.0 Å². The Hall–Kier alpha value is -2.08. The fraction of sp³-hybridized carbons (Fsp3) is 0.389. The Labute approximate surface area is 146 Å². The van der Waals surface area contributed by atoms with Gasteiger partial charge < -0.3 is 10.7 Å². The molecule has 1 saturated carbocycles. The molecule has 0 aliphatic heterocycles. The van der Waals surface area contributed by atoms with Crippen molar-refractivity contribution >= 4 is 23.8 Å². The molecule has 3 rings (SSSR count). The van der Waals surface area contributed by atoms with Gasteiger partial charge in [-0.3, -0.25) is 9.36 Å². The van der Waals surface area contributed by atoms with Crippen molar-refractivity contribution in [1.82, 2.24) is 9.55 Å². The highest BCUT2D eigenvalue weighted by Crippen LogP contribution is 2.33. The molecule has 1 aliphatic rings. The molecule has 0 radical (unpaired) electrons. The van der Waals surface area contributed by atoms with Gasteiger partial charge in [-0.2, -0.15) is 0 Å². The lowest BCUT2D eigenvalue weighted by Gasteiger charge is -2.22. The zero-order chi connectivity index (χ0) is 16.9. The van der Waals surface area contributed by atoms with Gasteiger partial charge >= 0.3 is 0 Å². The van der Waals surface area contributed by atoms with Crippen LogP contribution in [0.25, 0.3) is 5.69 Å². The summed E-state index contributed by atoms with van der Waals surface area (Å²) in [5.41, 5.74) is 0.877. The van der Waals surface area contributed by atoms with E-state index in [1.54, 1.807) is 23.4 Å². The summed E-state index contributed by atoms with van der Waals surface area (Å²) in [6.45, 7) is 0. The number of rotatable bonds is 5. The molecule has 0 saturated heterocycles. The molecule has 1 fully saturated rings. The van der Waals surface area contributed by atoms with Crippen molar-refractivity contribution in [3.8, 4) is 5.69 Å². The third-order valence-electron chi connectivity index (χ3n) is 4.31. The van der Waals surface area contributed by atoms with Gasteiger partial charge in [-0.1, -0.05) is 49.2 Å². The lowest BCUT2D eigenvalue weighted by atomic mass is 10.0. The van der Waals surface area contributed by atoms with Gasteiger partial charge in [0, 0.05) is 18.5 Å². The molecule has 2 N–H and O–H groups in total. The van der Waals surface area contributed by atoms with E-state index in [0.717, 1.165) is 24.7 Å². The number of anilines is 1. The Morgan fingerprint density at radius 3 is 2.58 bits per heavy atom. The third kappa shape index (κ3) is 3.38. The first kappa shape index (κ1) is 16.8. The fourth-order valence-corrected chi connectivity index (χ4v) is 4.36. The van der Waals surface area contributed by atoms with E-state index in [1.807, 2.05) is 30.3 Å². The molecule has 2 aromatic rings. The van der Waals surface area contributed by atoms with E-state index >= 15 is 0 Å². The standard InChI is InChI=1S/C18H22N4OS/c1-20-16-15(12-19)17(23)22(13-8-4-2-5-9-13)18(21-16)24-14-10-6-3-7-11-14/h2,4-5,8-9,12,14,19-20H,3,6-7,10-11H2,1H3. The largest absolute Gasteiger partial charge is 0.372 e. The van der Waals surface area contributed by atoms with Gasteiger partial charge in [0.05, 0.1) is 5.69 Å². The Kier molecular flexibility index (Phi) is 5.35. The van der Waals surface area contributed by atoms with Crippen LogP contribution >= 0.6 is 11.8 Å². The topological polar surface area (TPSA) is 70.8 Å². The van der Waals surface area contributed by atoms with Crippen LogP contribution in [0.15, 0.2) is 40.3 Å². The van der Waals surface area contributed by atoms with Crippen LogP contribution in [0.5, 0.6) is 0 Å². The van der Waals surface area contributed by atoms with Crippen LogP contribution in [0.2, 0.25) is 0 Å². The second kappa shape index (κ2) is 7.66. The molecule has 126 valence electrons. The van der Waals surface area contributed by atoms with Crippen molar-refractivity contribution in [2.45, 2.75) is 42.5 Å². The average Bonchev–Trinajstić information content (AvgIpc) is 2.63. The molecule has 0 bridgehead atoms. The average molecular weight is 342 g/mol. The Morgan fingerprint density at radius 2 is 1.96 bits per heavy atom. The minimum absolute atomic E-state index is 0.200. The van der Waals surface area contributed by atoms with Crippen molar-refractivity contribution in [1.29, 1.82) is 5.41 Å². The molecule has 1 heterocycles. The molecule has 5 nitrogen and oxygen atoms in total. The lowest BCUT2D eigenvalue weighted by molar-refractivity contribution is 0.514. The monoisotopic (exact) mass is 342 g/mol. The maximum absolute atomic E-state index is 13.0. The highest BCUT2D eigenvalue weighted by molar-refractivity contribution is 7.99. The van der Waals surface area contributed by atoms with E-state index in [2.05, 4.69) is 10.3 Å². The number of nitrogens with zero attached hydrogens (tertiary/aromatic N) is 2. The first-order chi connectivity index (χ1) is 11.7. The minimum Gasteiger partial charge on any atom is -0.372 e. The number of para-hydroxylation sites is 1. The van der Waals surface area contributed by atoms with Crippen LogP contribution in [0.4, 0.5) is 5.82 Å². The van der Waals surface area contributed by atoms with E-state index in [0.29, 0.717) is 16.2 Å². The molecule has 0 amide bonds. The summed E-state index contributed by atoms with van der Waals surface area (Å²) in [6.07, 6.45) is 7.18. The van der Waals surface area contributed by atoms with Gasteiger partial charge in [0.1, 0.15) is 11.4 Å². The number of thioether (sulfide) groups is 1. The van der Waals surface area contributed by atoms with Crippen molar-refractivity contribution in [2.24, 2.45) is 0 Å². The number of nitrogens with one attached hydrogen (secondary N) is 2. The van der Waals surface area contributed by atoms with Gasteiger partial charge in [0.15, 0.2) is 5.16 Å². The second-order valence-corrected chi connectivity index (χ2v) is 7.17. The SMILES string of the molecule is CNc1nc(SC2CCCCC2)n(-c2ccccc2)c(=O)c1C=N. The third-order valence-corrected chi connectivity index (χ3v) is 5.60. The predicted octanol–water partition coefficient (Wildman–Crippen LogP) is 3.70. The summed E-state index contributed by atoms with van der Waals surface area (Å²) in [5, 5.41) is 11.7. The zero-order valence-electron chi connectivity index (χ0n) is 13.8. The summed E-state index contributed by atoms with van der Waals surface area (Å²) in [5.74, 6) is 0.473. The highest BCUT2D eigenvalue weighted by Gasteiger charge is 2.21. The Morgan fingerprint density at radius 1 is 1.25 bits per heavy atom. The quantitative estimate of drug-likeness (QED) is 0.642. The van der Waals surface area contributed by atoms with Crippen molar-refractivity contribution < 1.29 is 0 Å². The van der Waals surface area contributed by atoms with E-state index < -0.39 is 0 Å². The first-order valence-corrected chi connectivity index (χ1v) is 9.20. The molecule has 0 atom stereocenters. The summed E-state index contributed by atoms with van der Waals surface area (Å²) < 4.78 is 1.64. The summed E-state index contributed by atoms with van der Waals surface area (Å²) >= 11 is 1.69. The maximum Gasteiger partial charge on any atom is 0.269 e. The summed E-state index contributed by atoms with van der Waals surface area (Å²) in [7, 11) is 1.73. The number of hydrogen-bond acceptors (Lipinski definition) is 5. The molecule has 1 aromatic heterocycles. The highest BCUT2D eigenvalue weighted by atomic mass is 32.2. The van der Waals surface area contributed by atoms with Gasteiger partial charge in [0.25, 0.3) is 5.56 Å². The molecular weight excluding hydrogens is 320 g/mol. The molecular formula is C18H22N4OS. The van der Waals surface area contributed by atoms with Crippen molar-refractivity contribution in [3.05, 3.63) is 46.2 Å². The van der Waals surface area contributed by atoms with Gasteiger partial charge in [-0.25, -0.2) is 4.98 Å². The molecule has 24 heavy (non-hydrogen) atoms. The Balaban J connectivity index is 2.12. The molecule has 1 aromatic carbocycles. The summed E-state index contributed by atoms with van der Waals surface area (Å²) in [4.78, 5) is 17.6. The Bertz CT molecular complexity index is 767. The summed E-state index contributed by atoms with van der Waals surface area (Å²) in [6, 6.07) is 9.55. The van der Waals surface area contributed by atoms with Crippen LogP contribution in [0, 0.1) is 5.41 Å². The number of benzene rings is 1. The van der Waals surface area contributed by atoms with Gasteiger partial charge in [0.2, 0.25) is 0 Å². The van der Waals surface area contributed by atoms with Crippen LogP contribution in [0.3, 0.4) is 0 Å². The van der Waals surface area contributed by atoms with Gasteiger partial charge in [-0.15, -0.1) is 0 Å². The fourth-order valence-electron chi connectivity index (χ4n) is 3.05. The van der Waals surface area contributed by atoms with E-state index in [4.69, 9.17) is 5.41 Å². The zero-order valence-corrected chi connectivity index (χ0v) is 14.6. The first-order valence-electron chi connectivity index (χ1n) is 8.32. The van der Waals surface area contributed by atoms with Crippen molar-refractivity contribution in [2.75, 3.05) is 12.4 Å². The normalized spacial score (nSPS) is 15.2. The van der Waals surface area contributed by atoms with E-state index in [-0.39, 0.29) is 11.1 Å². The van der Waals surface area contributed by atoms with E-state index in [9.17, 15) is 4.79 Å². The van der Waals surface area contributed by atoms with Crippen LogP contribution in [-0.2, 0) is 0 Å². The maximum atomic E-state index is 13.0. The van der Waals surface area contributed by atoms with Crippen molar-refractivity contribution in [3.63, 3.8) is 0 Å². The molecule has 1 aliphatic carbocycles. The van der Waals surface area contributed by atoms with Crippen LogP contribution < -0.4 is 10.9 Å². The minimum atomic E-state index is -0.200. The van der Waals surface area contributed by atoms with Crippen LogP contribution in [-0.4, -0.2) is 28.1 Å². The second-order valence-electron chi connectivity index (χ2n) is 5.90. The number of hydrogen-bond donors (Lipinski definition) is 2.